The minimum Gasteiger partial charge on any atom is -0.354 e. The Morgan fingerprint density at radius 1 is 1.19 bits per heavy atom. The fraction of sp³-hybridized carbons (Fsp3) is 0.733. The number of nitrogen functional groups attached to an aromatic ring is 1. The summed E-state index contributed by atoms with van der Waals surface area (Å²) in [7, 11) is 0. The smallest absolute Gasteiger partial charge is 0.148 e. The summed E-state index contributed by atoms with van der Waals surface area (Å²) in [6, 6.07) is 0.857. The Labute approximate surface area is 126 Å². The van der Waals surface area contributed by atoms with Crippen LogP contribution in [0.4, 0.5) is 11.6 Å². The molecule has 3 N–H and O–H groups in total. The first-order valence-corrected chi connectivity index (χ1v) is 8.06. The van der Waals surface area contributed by atoms with E-state index >= 15 is 0 Å². The molecule has 1 aromatic rings. The Balaban J connectivity index is 1.78. The van der Waals surface area contributed by atoms with Crippen molar-refractivity contribution >= 4 is 11.6 Å². The molecule has 0 amide bonds. The molecule has 1 aliphatic heterocycles. The van der Waals surface area contributed by atoms with E-state index in [1.54, 1.807) is 0 Å². The van der Waals surface area contributed by atoms with Gasteiger partial charge in [-0.15, -0.1) is 0 Å². The SMILES string of the molecule is CCCc1nc(NN)c(C)c(N2CCN(C3CC3)CC2)n1. The third-order valence-corrected chi connectivity index (χ3v) is 4.45. The lowest BCUT2D eigenvalue weighted by Crippen LogP contribution is -2.47. The molecule has 0 aromatic carbocycles. The van der Waals surface area contributed by atoms with Crippen molar-refractivity contribution in [2.45, 2.75) is 45.6 Å². The highest BCUT2D eigenvalue weighted by Crippen LogP contribution is 2.29. The fourth-order valence-electron chi connectivity index (χ4n) is 3.07. The standard InChI is InChI=1S/C15H26N6/c1-3-4-13-17-14(19-16)11(2)15(18-13)21-9-7-20(8-10-21)12-5-6-12/h12H,3-10,16H2,1-2H3,(H,17,18,19). The Bertz CT molecular complexity index is 491. The van der Waals surface area contributed by atoms with E-state index in [0.29, 0.717) is 0 Å². The van der Waals surface area contributed by atoms with Crippen LogP contribution in [0.3, 0.4) is 0 Å². The van der Waals surface area contributed by atoms with Crippen LogP contribution < -0.4 is 16.2 Å². The predicted octanol–water partition coefficient (Wildman–Crippen LogP) is 1.31. The summed E-state index contributed by atoms with van der Waals surface area (Å²) in [4.78, 5) is 14.3. The van der Waals surface area contributed by atoms with Gasteiger partial charge in [0.25, 0.3) is 0 Å². The number of anilines is 2. The van der Waals surface area contributed by atoms with Crippen LogP contribution in [0.1, 0.15) is 37.6 Å². The van der Waals surface area contributed by atoms with Gasteiger partial charge >= 0.3 is 0 Å². The van der Waals surface area contributed by atoms with Gasteiger partial charge in [-0.05, 0) is 26.2 Å². The van der Waals surface area contributed by atoms with Gasteiger partial charge in [-0.25, -0.2) is 15.8 Å². The minimum absolute atomic E-state index is 0.757. The van der Waals surface area contributed by atoms with Crippen LogP contribution in [-0.2, 0) is 6.42 Å². The van der Waals surface area contributed by atoms with E-state index in [0.717, 1.165) is 68.1 Å². The van der Waals surface area contributed by atoms with Crippen molar-refractivity contribution in [3.8, 4) is 0 Å². The van der Waals surface area contributed by atoms with Crippen LogP contribution in [0.5, 0.6) is 0 Å². The molecule has 2 fully saturated rings. The molecule has 0 radical (unpaired) electrons. The van der Waals surface area contributed by atoms with Crippen LogP contribution in [0.15, 0.2) is 0 Å². The molecule has 3 rings (SSSR count). The lowest BCUT2D eigenvalue weighted by atomic mass is 10.2. The van der Waals surface area contributed by atoms with Gasteiger partial charge in [-0.3, -0.25) is 4.90 Å². The van der Waals surface area contributed by atoms with Gasteiger partial charge in [0.1, 0.15) is 17.5 Å². The number of rotatable bonds is 5. The van der Waals surface area contributed by atoms with Gasteiger partial charge in [-0.1, -0.05) is 6.92 Å². The summed E-state index contributed by atoms with van der Waals surface area (Å²) >= 11 is 0. The Morgan fingerprint density at radius 3 is 2.48 bits per heavy atom. The van der Waals surface area contributed by atoms with Crippen LogP contribution >= 0.6 is 0 Å². The van der Waals surface area contributed by atoms with Gasteiger partial charge in [-0.2, -0.15) is 0 Å². The van der Waals surface area contributed by atoms with E-state index in [4.69, 9.17) is 10.8 Å². The number of nitrogens with zero attached hydrogens (tertiary/aromatic N) is 4. The number of hydrogen-bond acceptors (Lipinski definition) is 6. The van der Waals surface area contributed by atoms with Crippen molar-refractivity contribution in [1.29, 1.82) is 0 Å². The maximum atomic E-state index is 5.62. The van der Waals surface area contributed by atoms with Gasteiger partial charge in [0.15, 0.2) is 0 Å². The summed E-state index contributed by atoms with van der Waals surface area (Å²) < 4.78 is 0. The minimum atomic E-state index is 0.757. The van der Waals surface area contributed by atoms with Crippen molar-refractivity contribution in [2.24, 2.45) is 5.84 Å². The first-order valence-electron chi connectivity index (χ1n) is 8.06. The van der Waals surface area contributed by atoms with Crippen molar-refractivity contribution in [1.82, 2.24) is 14.9 Å². The van der Waals surface area contributed by atoms with Gasteiger partial charge in [0.05, 0.1) is 0 Å². The molecular formula is C15H26N6. The van der Waals surface area contributed by atoms with Crippen LogP contribution in [-0.4, -0.2) is 47.1 Å². The number of hydrogen-bond donors (Lipinski definition) is 2. The van der Waals surface area contributed by atoms with Gasteiger partial charge in [0, 0.05) is 44.2 Å². The highest BCUT2D eigenvalue weighted by Gasteiger charge is 2.32. The number of nitrogens with one attached hydrogen (secondary N) is 1. The van der Waals surface area contributed by atoms with Crippen molar-refractivity contribution in [3.63, 3.8) is 0 Å². The topological polar surface area (TPSA) is 70.3 Å². The average molecular weight is 290 g/mol. The Morgan fingerprint density at radius 2 is 1.90 bits per heavy atom. The van der Waals surface area contributed by atoms with Crippen molar-refractivity contribution in [3.05, 3.63) is 11.4 Å². The second-order valence-electron chi connectivity index (χ2n) is 6.09. The predicted molar refractivity (Wildman–Crippen MR) is 85.4 cm³/mol. The molecule has 2 heterocycles. The molecule has 2 aliphatic rings. The molecule has 0 bridgehead atoms. The lowest BCUT2D eigenvalue weighted by molar-refractivity contribution is 0.247. The van der Waals surface area contributed by atoms with E-state index in [1.165, 1.54) is 12.8 Å². The highest BCUT2D eigenvalue weighted by molar-refractivity contribution is 5.58. The summed E-state index contributed by atoms with van der Waals surface area (Å²) in [6.45, 7) is 8.57. The zero-order valence-corrected chi connectivity index (χ0v) is 13.1. The Kier molecular flexibility index (Phi) is 4.26. The van der Waals surface area contributed by atoms with Crippen LogP contribution in [0, 0.1) is 6.92 Å². The molecular weight excluding hydrogens is 264 g/mol. The van der Waals surface area contributed by atoms with Gasteiger partial charge in [0.2, 0.25) is 0 Å². The fourth-order valence-corrected chi connectivity index (χ4v) is 3.07. The summed E-state index contributed by atoms with van der Waals surface area (Å²) in [6.07, 6.45) is 4.70. The third kappa shape index (κ3) is 3.11. The first kappa shape index (κ1) is 14.5. The largest absolute Gasteiger partial charge is 0.354 e. The van der Waals surface area contributed by atoms with E-state index in [9.17, 15) is 0 Å². The summed E-state index contributed by atoms with van der Waals surface area (Å²) in [5.41, 5.74) is 3.78. The van der Waals surface area contributed by atoms with Gasteiger partial charge < -0.3 is 10.3 Å². The molecule has 1 aromatic heterocycles. The number of aryl methyl sites for hydroxylation is 1. The second-order valence-corrected chi connectivity index (χ2v) is 6.09. The zero-order chi connectivity index (χ0) is 14.8. The molecule has 6 heteroatoms. The molecule has 1 saturated carbocycles. The number of aromatic nitrogens is 2. The zero-order valence-electron chi connectivity index (χ0n) is 13.1. The molecule has 1 aliphatic carbocycles. The van der Waals surface area contributed by atoms with Crippen LogP contribution in [0.2, 0.25) is 0 Å². The summed E-state index contributed by atoms with van der Waals surface area (Å²) in [5, 5.41) is 0. The quantitative estimate of drug-likeness (QED) is 0.629. The molecule has 1 saturated heterocycles. The van der Waals surface area contributed by atoms with E-state index in [-0.39, 0.29) is 0 Å². The first-order chi connectivity index (χ1) is 10.2. The molecule has 0 unspecified atom stereocenters. The second kappa shape index (κ2) is 6.15. The molecule has 0 atom stereocenters. The number of hydrazine groups is 1. The lowest BCUT2D eigenvalue weighted by Gasteiger charge is -2.36. The van der Waals surface area contributed by atoms with E-state index < -0.39 is 0 Å². The molecule has 6 nitrogen and oxygen atoms in total. The molecule has 116 valence electrons. The average Bonchev–Trinajstić information content (AvgIpc) is 3.34. The summed E-state index contributed by atoms with van der Waals surface area (Å²) in [5.74, 6) is 8.31. The third-order valence-electron chi connectivity index (χ3n) is 4.45. The van der Waals surface area contributed by atoms with Crippen molar-refractivity contribution in [2.75, 3.05) is 36.5 Å². The number of piperazine rings is 1. The Hall–Kier alpha value is -1.40. The maximum Gasteiger partial charge on any atom is 0.148 e. The highest BCUT2D eigenvalue weighted by atomic mass is 15.3. The van der Waals surface area contributed by atoms with E-state index in [1.807, 2.05) is 6.92 Å². The number of nitrogens with two attached hydrogens (primary N) is 1. The molecule has 21 heavy (non-hydrogen) atoms. The monoisotopic (exact) mass is 290 g/mol. The van der Waals surface area contributed by atoms with Crippen molar-refractivity contribution < 1.29 is 0 Å². The van der Waals surface area contributed by atoms with Crippen LogP contribution in [0.25, 0.3) is 0 Å². The van der Waals surface area contributed by atoms with E-state index in [2.05, 4.69) is 27.1 Å². The molecule has 0 spiro atoms. The normalized spacial score (nSPS) is 19.9. The maximum absolute atomic E-state index is 5.62.